The van der Waals surface area contributed by atoms with E-state index >= 15 is 0 Å². The highest BCUT2D eigenvalue weighted by molar-refractivity contribution is 7.89. The summed E-state index contributed by atoms with van der Waals surface area (Å²) in [6, 6.07) is 15.7. The van der Waals surface area contributed by atoms with Gasteiger partial charge in [0.15, 0.2) is 0 Å². The molecule has 0 saturated heterocycles. The second-order valence-corrected chi connectivity index (χ2v) is 6.88. The Morgan fingerprint density at radius 2 is 1.78 bits per heavy atom. The number of carbonyl (C=O) groups excluding carboxylic acids is 1. The Balaban J connectivity index is 2.08. The molecule has 0 spiro atoms. The van der Waals surface area contributed by atoms with Crippen molar-refractivity contribution in [3.63, 3.8) is 0 Å². The fraction of sp³-hybridized carbons (Fsp3) is 0.235. The number of nitrogens with zero attached hydrogens (tertiary/aromatic N) is 1. The van der Waals surface area contributed by atoms with E-state index in [0.29, 0.717) is 6.54 Å². The number of likely N-dealkylation sites (N-methyl/N-ethyl adjacent to an activating group) is 1. The molecule has 5 nitrogen and oxygen atoms in total. The van der Waals surface area contributed by atoms with Gasteiger partial charge in [0.2, 0.25) is 15.9 Å². The van der Waals surface area contributed by atoms with Crippen molar-refractivity contribution >= 4 is 21.6 Å². The molecule has 0 aliphatic rings. The van der Waals surface area contributed by atoms with Crippen molar-refractivity contribution in [2.75, 3.05) is 18.0 Å². The second kappa shape index (κ2) is 7.39. The molecule has 0 aliphatic carbocycles. The number of nitrogens with one attached hydrogen (secondary N) is 1. The fourth-order valence-corrected chi connectivity index (χ4v) is 3.31. The highest BCUT2D eigenvalue weighted by atomic mass is 32.2. The highest BCUT2D eigenvalue weighted by Gasteiger charge is 2.19. The average molecular weight is 332 g/mol. The highest BCUT2D eigenvalue weighted by Crippen LogP contribution is 2.14. The van der Waals surface area contributed by atoms with Crippen LogP contribution < -0.4 is 9.62 Å². The third-order valence-corrected chi connectivity index (χ3v) is 4.80. The zero-order valence-electron chi connectivity index (χ0n) is 13.2. The molecule has 0 aliphatic heterocycles. The minimum Gasteiger partial charge on any atom is -0.312 e. The lowest BCUT2D eigenvalue weighted by molar-refractivity contribution is -0.117. The number of para-hydroxylation sites is 1. The summed E-state index contributed by atoms with van der Waals surface area (Å²) < 4.78 is 26.9. The quantitative estimate of drug-likeness (QED) is 0.883. The van der Waals surface area contributed by atoms with E-state index in [4.69, 9.17) is 0 Å². The van der Waals surface area contributed by atoms with Gasteiger partial charge in [0, 0.05) is 12.2 Å². The molecule has 0 fully saturated rings. The standard InChI is InChI=1S/C17H20N2O3S/c1-3-19(15-9-5-4-6-10-15)17(20)13-18-23(21,22)16-11-7-8-14(2)12-16/h4-12,18H,3,13H2,1-2H3. The predicted octanol–water partition coefficient (Wildman–Crippen LogP) is 2.33. The van der Waals surface area contributed by atoms with Crippen molar-refractivity contribution in [1.29, 1.82) is 0 Å². The molecular weight excluding hydrogens is 312 g/mol. The number of sulfonamides is 1. The molecule has 0 unspecified atom stereocenters. The summed E-state index contributed by atoms with van der Waals surface area (Å²) in [7, 11) is -3.70. The lowest BCUT2D eigenvalue weighted by Gasteiger charge is -2.21. The zero-order chi connectivity index (χ0) is 16.9. The minimum atomic E-state index is -3.70. The Hall–Kier alpha value is -2.18. The maximum absolute atomic E-state index is 12.3. The maximum Gasteiger partial charge on any atom is 0.242 e. The molecule has 23 heavy (non-hydrogen) atoms. The van der Waals surface area contributed by atoms with E-state index in [1.807, 2.05) is 50.2 Å². The van der Waals surface area contributed by atoms with Crippen LogP contribution in [-0.4, -0.2) is 27.4 Å². The first-order chi connectivity index (χ1) is 10.9. The van der Waals surface area contributed by atoms with Gasteiger partial charge in [-0.3, -0.25) is 4.79 Å². The van der Waals surface area contributed by atoms with E-state index < -0.39 is 10.0 Å². The van der Waals surface area contributed by atoms with Gasteiger partial charge in [0.05, 0.1) is 11.4 Å². The van der Waals surface area contributed by atoms with E-state index in [2.05, 4.69) is 4.72 Å². The number of hydrogen-bond acceptors (Lipinski definition) is 3. The van der Waals surface area contributed by atoms with Gasteiger partial charge in [-0.2, -0.15) is 0 Å². The number of aryl methyl sites for hydroxylation is 1. The van der Waals surface area contributed by atoms with Crippen molar-refractivity contribution in [3.05, 3.63) is 60.2 Å². The molecular formula is C17H20N2O3S. The summed E-state index contributed by atoms with van der Waals surface area (Å²) >= 11 is 0. The van der Waals surface area contributed by atoms with Gasteiger partial charge in [-0.15, -0.1) is 0 Å². The van der Waals surface area contributed by atoms with Crippen molar-refractivity contribution in [2.45, 2.75) is 18.7 Å². The van der Waals surface area contributed by atoms with Crippen LogP contribution in [0.5, 0.6) is 0 Å². The Morgan fingerprint density at radius 1 is 1.09 bits per heavy atom. The summed E-state index contributed by atoms with van der Waals surface area (Å²) in [5.41, 5.74) is 1.59. The average Bonchev–Trinajstić information content (AvgIpc) is 2.55. The number of amides is 1. The van der Waals surface area contributed by atoms with Crippen LogP contribution in [0.4, 0.5) is 5.69 Å². The molecule has 0 bridgehead atoms. The number of carbonyl (C=O) groups is 1. The first kappa shape index (κ1) is 17.2. The molecule has 0 atom stereocenters. The third kappa shape index (κ3) is 4.40. The monoisotopic (exact) mass is 332 g/mol. The van der Waals surface area contributed by atoms with Crippen molar-refractivity contribution in [2.24, 2.45) is 0 Å². The molecule has 2 aromatic rings. The zero-order valence-corrected chi connectivity index (χ0v) is 14.0. The van der Waals surface area contributed by atoms with Gasteiger partial charge in [0.1, 0.15) is 0 Å². The molecule has 0 heterocycles. The lowest BCUT2D eigenvalue weighted by atomic mass is 10.2. The van der Waals surface area contributed by atoms with Gasteiger partial charge >= 0.3 is 0 Å². The molecule has 0 saturated carbocycles. The van der Waals surface area contributed by atoms with Gasteiger partial charge in [-0.05, 0) is 43.7 Å². The van der Waals surface area contributed by atoms with E-state index in [-0.39, 0.29) is 17.3 Å². The van der Waals surface area contributed by atoms with E-state index in [1.54, 1.807) is 17.0 Å². The molecule has 122 valence electrons. The summed E-state index contributed by atoms with van der Waals surface area (Å²) in [6.45, 7) is 3.85. The SMILES string of the molecule is CCN(C(=O)CNS(=O)(=O)c1cccc(C)c1)c1ccccc1. The van der Waals surface area contributed by atoms with Crippen molar-refractivity contribution in [3.8, 4) is 0 Å². The second-order valence-electron chi connectivity index (χ2n) is 5.11. The van der Waals surface area contributed by atoms with Gasteiger partial charge in [0.25, 0.3) is 0 Å². The number of anilines is 1. The third-order valence-electron chi connectivity index (χ3n) is 3.40. The molecule has 0 radical (unpaired) electrons. The normalized spacial score (nSPS) is 11.2. The van der Waals surface area contributed by atoms with Crippen LogP contribution in [-0.2, 0) is 14.8 Å². The van der Waals surface area contributed by atoms with Crippen LogP contribution in [0.1, 0.15) is 12.5 Å². The maximum atomic E-state index is 12.3. The van der Waals surface area contributed by atoms with Crippen LogP contribution in [0.25, 0.3) is 0 Å². The van der Waals surface area contributed by atoms with E-state index in [9.17, 15) is 13.2 Å². The topological polar surface area (TPSA) is 66.5 Å². The Kier molecular flexibility index (Phi) is 5.52. The Bertz CT molecular complexity index is 773. The largest absolute Gasteiger partial charge is 0.312 e. The number of hydrogen-bond donors (Lipinski definition) is 1. The first-order valence-corrected chi connectivity index (χ1v) is 8.84. The van der Waals surface area contributed by atoms with Gasteiger partial charge in [-0.1, -0.05) is 30.3 Å². The number of benzene rings is 2. The van der Waals surface area contributed by atoms with Gasteiger partial charge in [-0.25, -0.2) is 13.1 Å². The molecule has 1 N–H and O–H groups in total. The van der Waals surface area contributed by atoms with Crippen molar-refractivity contribution < 1.29 is 13.2 Å². The molecule has 1 amide bonds. The van der Waals surface area contributed by atoms with Crippen LogP contribution in [0.3, 0.4) is 0 Å². The minimum absolute atomic E-state index is 0.160. The smallest absolute Gasteiger partial charge is 0.242 e. The van der Waals surface area contributed by atoms with Crippen LogP contribution in [0, 0.1) is 6.92 Å². The van der Waals surface area contributed by atoms with E-state index in [0.717, 1.165) is 11.3 Å². The summed E-state index contributed by atoms with van der Waals surface area (Å²) in [5, 5.41) is 0. The van der Waals surface area contributed by atoms with Crippen LogP contribution in [0.15, 0.2) is 59.5 Å². The van der Waals surface area contributed by atoms with Crippen molar-refractivity contribution in [1.82, 2.24) is 4.72 Å². The first-order valence-electron chi connectivity index (χ1n) is 7.36. The van der Waals surface area contributed by atoms with Gasteiger partial charge < -0.3 is 4.90 Å². The Labute approximate surface area is 137 Å². The molecule has 0 aromatic heterocycles. The summed E-state index contributed by atoms with van der Waals surface area (Å²) in [6.07, 6.45) is 0. The summed E-state index contributed by atoms with van der Waals surface area (Å²) in [5.74, 6) is -0.296. The Morgan fingerprint density at radius 3 is 2.39 bits per heavy atom. The van der Waals surface area contributed by atoms with E-state index in [1.165, 1.54) is 6.07 Å². The number of rotatable bonds is 6. The molecule has 2 rings (SSSR count). The fourth-order valence-electron chi connectivity index (χ4n) is 2.23. The summed E-state index contributed by atoms with van der Waals surface area (Å²) in [4.78, 5) is 14.0. The van der Waals surface area contributed by atoms with Crippen LogP contribution in [0.2, 0.25) is 0 Å². The molecule has 6 heteroatoms. The van der Waals surface area contributed by atoms with Crippen LogP contribution >= 0.6 is 0 Å². The predicted molar refractivity (Wildman–Crippen MR) is 90.8 cm³/mol. The molecule has 2 aromatic carbocycles. The lowest BCUT2D eigenvalue weighted by Crippen LogP contribution is -2.40.